The van der Waals surface area contributed by atoms with E-state index in [2.05, 4.69) is 18.3 Å². The molecule has 1 fully saturated rings. The van der Waals surface area contributed by atoms with Gasteiger partial charge < -0.3 is 5.32 Å². The van der Waals surface area contributed by atoms with Crippen molar-refractivity contribution in [3.05, 3.63) is 29.3 Å². The zero-order valence-electron chi connectivity index (χ0n) is 13.3. The second-order valence-electron chi connectivity index (χ2n) is 5.72. The molecule has 114 valence electrons. The average Bonchev–Trinajstić information content (AvgIpc) is 2.75. The van der Waals surface area contributed by atoms with Crippen LogP contribution >= 0.6 is 0 Å². The lowest BCUT2D eigenvalue weighted by atomic mass is 10.0. The summed E-state index contributed by atoms with van der Waals surface area (Å²) in [5, 5.41) is 3.31. The topological polar surface area (TPSA) is 49.4 Å². The fraction of sp³-hybridized carbons (Fsp3) is 0.529. The van der Waals surface area contributed by atoms with E-state index in [9.17, 15) is 9.59 Å². The van der Waals surface area contributed by atoms with Gasteiger partial charge in [-0.2, -0.15) is 0 Å². The summed E-state index contributed by atoms with van der Waals surface area (Å²) in [5.74, 6) is -0.168. The van der Waals surface area contributed by atoms with E-state index >= 15 is 0 Å². The fourth-order valence-corrected chi connectivity index (χ4v) is 2.81. The number of nitrogens with one attached hydrogen (secondary N) is 1. The van der Waals surface area contributed by atoms with Crippen LogP contribution in [0.3, 0.4) is 0 Å². The van der Waals surface area contributed by atoms with Gasteiger partial charge in [0.05, 0.1) is 6.42 Å². The van der Waals surface area contributed by atoms with Gasteiger partial charge in [0, 0.05) is 11.7 Å². The Hall–Kier alpha value is -1.84. The maximum atomic E-state index is 12.5. The monoisotopic (exact) mass is 288 g/mol. The maximum absolute atomic E-state index is 12.5. The van der Waals surface area contributed by atoms with Crippen molar-refractivity contribution in [2.75, 3.05) is 5.32 Å². The Balaban J connectivity index is 2.22. The third kappa shape index (κ3) is 2.94. The zero-order chi connectivity index (χ0) is 15.6. The summed E-state index contributed by atoms with van der Waals surface area (Å²) >= 11 is 0. The molecule has 0 radical (unpaired) electrons. The molecule has 0 spiro atoms. The number of rotatable bonds is 5. The molecule has 1 heterocycles. The number of anilines is 1. The SMILES string of the molecule is CCc1cccc(C)c1NC1CC(=O)N(C(C)CC)C1=O. The lowest BCUT2D eigenvalue weighted by molar-refractivity contribution is -0.140. The number of hydrogen-bond acceptors (Lipinski definition) is 3. The molecule has 4 nitrogen and oxygen atoms in total. The van der Waals surface area contributed by atoms with Gasteiger partial charge in [-0.05, 0) is 37.8 Å². The first-order valence-corrected chi connectivity index (χ1v) is 7.70. The molecule has 0 saturated carbocycles. The highest BCUT2D eigenvalue weighted by atomic mass is 16.2. The molecule has 2 amide bonds. The van der Waals surface area contributed by atoms with Crippen molar-refractivity contribution in [2.24, 2.45) is 0 Å². The molecule has 2 unspecified atom stereocenters. The smallest absolute Gasteiger partial charge is 0.252 e. The first kappa shape index (κ1) is 15.5. The predicted molar refractivity (Wildman–Crippen MR) is 84.2 cm³/mol. The molecule has 4 heteroatoms. The van der Waals surface area contributed by atoms with Gasteiger partial charge in [0.1, 0.15) is 6.04 Å². The summed E-state index contributed by atoms with van der Waals surface area (Å²) in [6.45, 7) is 8.02. The van der Waals surface area contributed by atoms with Crippen molar-refractivity contribution in [3.8, 4) is 0 Å². The van der Waals surface area contributed by atoms with Crippen LogP contribution in [0, 0.1) is 6.92 Å². The van der Waals surface area contributed by atoms with Gasteiger partial charge in [0.25, 0.3) is 5.91 Å². The minimum atomic E-state index is -0.433. The van der Waals surface area contributed by atoms with Gasteiger partial charge in [-0.3, -0.25) is 14.5 Å². The van der Waals surface area contributed by atoms with Gasteiger partial charge in [0.15, 0.2) is 0 Å². The number of imide groups is 1. The van der Waals surface area contributed by atoms with Crippen LogP contribution in [0.5, 0.6) is 0 Å². The second kappa shape index (κ2) is 6.29. The number of hydrogen-bond donors (Lipinski definition) is 1. The normalized spacial score (nSPS) is 20.0. The predicted octanol–water partition coefficient (Wildman–Crippen LogP) is 2.90. The van der Waals surface area contributed by atoms with Crippen LogP contribution in [-0.2, 0) is 16.0 Å². The number of amides is 2. The molecule has 1 aliphatic rings. The molecule has 0 bridgehead atoms. The molecule has 1 N–H and O–H groups in total. The van der Waals surface area contributed by atoms with Crippen molar-refractivity contribution in [3.63, 3.8) is 0 Å². The lowest BCUT2D eigenvalue weighted by Gasteiger charge is -2.22. The second-order valence-corrected chi connectivity index (χ2v) is 5.72. The first-order valence-electron chi connectivity index (χ1n) is 7.70. The average molecular weight is 288 g/mol. The molecular formula is C17H24N2O2. The molecule has 0 aliphatic carbocycles. The van der Waals surface area contributed by atoms with Gasteiger partial charge in [0.2, 0.25) is 5.91 Å². The van der Waals surface area contributed by atoms with E-state index in [0.29, 0.717) is 0 Å². The van der Waals surface area contributed by atoms with Crippen LogP contribution in [0.1, 0.15) is 44.7 Å². The van der Waals surface area contributed by atoms with Gasteiger partial charge in [-0.15, -0.1) is 0 Å². The fourth-order valence-electron chi connectivity index (χ4n) is 2.81. The maximum Gasteiger partial charge on any atom is 0.252 e. The van der Waals surface area contributed by atoms with Crippen LogP contribution in [0.2, 0.25) is 0 Å². The third-order valence-corrected chi connectivity index (χ3v) is 4.27. The van der Waals surface area contributed by atoms with Gasteiger partial charge in [-0.1, -0.05) is 32.0 Å². The van der Waals surface area contributed by atoms with Crippen LogP contribution in [0.15, 0.2) is 18.2 Å². The Morgan fingerprint density at radius 1 is 1.33 bits per heavy atom. The van der Waals surface area contributed by atoms with Crippen LogP contribution in [-0.4, -0.2) is 28.8 Å². The Labute approximate surface area is 126 Å². The summed E-state index contributed by atoms with van der Waals surface area (Å²) in [7, 11) is 0. The van der Waals surface area contributed by atoms with Crippen LogP contribution < -0.4 is 5.32 Å². The highest BCUT2D eigenvalue weighted by Gasteiger charge is 2.40. The number of para-hydroxylation sites is 1. The first-order chi connectivity index (χ1) is 9.99. The van der Waals surface area contributed by atoms with E-state index in [0.717, 1.165) is 24.1 Å². The number of nitrogens with zero attached hydrogens (tertiary/aromatic N) is 1. The van der Waals surface area contributed by atoms with E-state index in [-0.39, 0.29) is 24.3 Å². The van der Waals surface area contributed by atoms with E-state index in [1.807, 2.05) is 32.9 Å². The Kier molecular flexibility index (Phi) is 4.66. The quantitative estimate of drug-likeness (QED) is 0.848. The molecule has 1 aromatic carbocycles. The lowest BCUT2D eigenvalue weighted by Crippen LogP contribution is -2.40. The summed E-state index contributed by atoms with van der Waals surface area (Å²) in [6, 6.07) is 5.64. The van der Waals surface area contributed by atoms with E-state index in [4.69, 9.17) is 0 Å². The summed E-state index contributed by atoms with van der Waals surface area (Å²) < 4.78 is 0. The zero-order valence-corrected chi connectivity index (χ0v) is 13.3. The Bertz CT molecular complexity index is 554. The summed E-state index contributed by atoms with van der Waals surface area (Å²) in [5.41, 5.74) is 3.28. The molecule has 1 saturated heterocycles. The molecule has 2 atom stereocenters. The highest BCUT2D eigenvalue weighted by Crippen LogP contribution is 2.26. The van der Waals surface area contributed by atoms with Crippen molar-refractivity contribution in [1.82, 2.24) is 4.90 Å². The van der Waals surface area contributed by atoms with Gasteiger partial charge >= 0.3 is 0 Å². The summed E-state index contributed by atoms with van der Waals surface area (Å²) in [4.78, 5) is 26.0. The Morgan fingerprint density at radius 2 is 2.05 bits per heavy atom. The van der Waals surface area contributed by atoms with E-state index in [1.54, 1.807) is 0 Å². The minimum absolute atomic E-state index is 0.0284. The van der Waals surface area contributed by atoms with Crippen molar-refractivity contribution >= 4 is 17.5 Å². The van der Waals surface area contributed by atoms with Crippen LogP contribution in [0.4, 0.5) is 5.69 Å². The number of benzene rings is 1. The number of carbonyl (C=O) groups excluding carboxylic acids is 2. The van der Waals surface area contributed by atoms with Crippen LogP contribution in [0.25, 0.3) is 0 Å². The number of likely N-dealkylation sites (tertiary alicyclic amines) is 1. The number of carbonyl (C=O) groups is 2. The van der Waals surface area contributed by atoms with Crippen molar-refractivity contribution in [2.45, 2.75) is 59.0 Å². The molecule has 2 rings (SSSR count). The molecular weight excluding hydrogens is 264 g/mol. The largest absolute Gasteiger partial charge is 0.373 e. The van der Waals surface area contributed by atoms with Crippen molar-refractivity contribution in [1.29, 1.82) is 0 Å². The summed E-state index contributed by atoms with van der Waals surface area (Å²) in [6.07, 6.45) is 1.93. The third-order valence-electron chi connectivity index (χ3n) is 4.27. The standard InChI is InChI=1S/C17H24N2O2/c1-5-12(4)19-15(20)10-14(17(19)21)18-16-11(3)8-7-9-13(16)6-2/h7-9,12,14,18H,5-6,10H2,1-4H3. The molecule has 21 heavy (non-hydrogen) atoms. The van der Waals surface area contributed by atoms with Crippen molar-refractivity contribution < 1.29 is 9.59 Å². The van der Waals surface area contributed by atoms with E-state index < -0.39 is 6.04 Å². The highest BCUT2D eigenvalue weighted by molar-refractivity contribution is 6.07. The molecule has 1 aliphatic heterocycles. The van der Waals surface area contributed by atoms with E-state index in [1.165, 1.54) is 10.5 Å². The Morgan fingerprint density at radius 3 is 2.67 bits per heavy atom. The minimum Gasteiger partial charge on any atom is -0.373 e. The van der Waals surface area contributed by atoms with Gasteiger partial charge in [-0.25, -0.2) is 0 Å². The molecule has 0 aromatic heterocycles. The molecule has 1 aromatic rings. The number of aryl methyl sites for hydroxylation is 2.